The number of rotatable bonds is 8. The molecule has 0 aliphatic carbocycles. The molecule has 0 aliphatic heterocycles. The first-order valence-corrected chi connectivity index (χ1v) is 12.7. The Morgan fingerprint density at radius 3 is 2.45 bits per heavy atom. The molecule has 0 bridgehead atoms. The molecule has 1 atom stereocenters. The van der Waals surface area contributed by atoms with Gasteiger partial charge in [-0.25, -0.2) is 13.8 Å². The molecule has 0 aliphatic rings. The lowest BCUT2D eigenvalue weighted by molar-refractivity contribution is -0.615. The highest BCUT2D eigenvalue weighted by atomic mass is 35.5. The number of nitrogens with zero attached hydrogens (tertiary/aromatic N) is 9. The molecule has 212 valence electrons. The van der Waals surface area contributed by atoms with Crippen molar-refractivity contribution in [3.63, 3.8) is 0 Å². The van der Waals surface area contributed by atoms with E-state index in [1.165, 1.54) is 64.6 Å². The number of alkyl halides is 2. The first-order chi connectivity index (χ1) is 20.3. The summed E-state index contributed by atoms with van der Waals surface area (Å²) >= 11 is 6.06. The van der Waals surface area contributed by atoms with Gasteiger partial charge in [0.25, 0.3) is 0 Å². The molecule has 0 N–H and O–H groups in total. The van der Waals surface area contributed by atoms with Gasteiger partial charge in [0.15, 0.2) is 12.0 Å². The van der Waals surface area contributed by atoms with Gasteiger partial charge < -0.3 is 5.21 Å². The summed E-state index contributed by atoms with van der Waals surface area (Å²) in [6.45, 7) is -2.75. The average Bonchev–Trinajstić information content (AvgIpc) is 3.76. The highest BCUT2D eigenvalue weighted by Crippen LogP contribution is 2.34. The van der Waals surface area contributed by atoms with E-state index in [1.54, 1.807) is 24.4 Å². The topological polar surface area (TPSA) is 106 Å². The minimum atomic E-state index is -2.75. The molecular weight excluding hydrogens is 578 g/mol. The van der Waals surface area contributed by atoms with Crippen LogP contribution in [0.4, 0.5) is 17.6 Å². The van der Waals surface area contributed by atoms with Gasteiger partial charge in [-0.15, -0.1) is 5.10 Å². The van der Waals surface area contributed by atoms with Gasteiger partial charge in [0, 0.05) is 30.4 Å². The van der Waals surface area contributed by atoms with E-state index < -0.39 is 24.2 Å². The van der Waals surface area contributed by atoms with Crippen LogP contribution in [0.15, 0.2) is 86.0 Å². The molecule has 0 fully saturated rings. The van der Waals surface area contributed by atoms with Crippen LogP contribution in [-0.2, 0) is 6.42 Å². The second-order valence-corrected chi connectivity index (χ2v) is 9.62. The number of hydrogen-bond donors (Lipinski definition) is 0. The van der Waals surface area contributed by atoms with Gasteiger partial charge in [-0.3, -0.25) is 9.25 Å². The van der Waals surface area contributed by atoms with E-state index in [0.29, 0.717) is 20.4 Å². The van der Waals surface area contributed by atoms with E-state index in [2.05, 4.69) is 25.6 Å². The van der Waals surface area contributed by atoms with E-state index >= 15 is 4.39 Å². The van der Waals surface area contributed by atoms with Gasteiger partial charge in [0.2, 0.25) is 5.69 Å². The molecule has 0 unspecified atom stereocenters. The van der Waals surface area contributed by atoms with Gasteiger partial charge in [0.1, 0.15) is 18.2 Å². The van der Waals surface area contributed by atoms with E-state index in [9.17, 15) is 18.4 Å². The summed E-state index contributed by atoms with van der Waals surface area (Å²) in [5, 5.41) is 28.8. The number of imidazole rings is 1. The first kappa shape index (κ1) is 27.1. The largest absolute Gasteiger partial charge is 0.618 e. The molecule has 0 amide bonds. The normalized spacial score (nSPS) is 12.2. The maximum absolute atomic E-state index is 15.3. The SMILES string of the molecule is [O-][n+]1cc(-c2c(-n3cnnn3)ccc(Cl)c2F)ccc1[C@H](Cc1ccc(F)cc1)n1cc(-c2cn(C(F)F)cn2)cn1. The van der Waals surface area contributed by atoms with Crippen molar-refractivity contribution in [2.75, 3.05) is 0 Å². The molecule has 10 nitrogen and oxygen atoms in total. The Morgan fingerprint density at radius 1 is 0.952 bits per heavy atom. The quantitative estimate of drug-likeness (QED) is 0.136. The van der Waals surface area contributed by atoms with Crippen LogP contribution < -0.4 is 4.73 Å². The molecule has 0 saturated heterocycles. The van der Waals surface area contributed by atoms with Gasteiger partial charge in [-0.05, 0) is 46.3 Å². The fourth-order valence-corrected chi connectivity index (χ4v) is 4.74. The Hall–Kier alpha value is -5.11. The number of pyridine rings is 1. The molecule has 2 aromatic carbocycles. The summed E-state index contributed by atoms with van der Waals surface area (Å²) in [7, 11) is 0. The molecule has 6 rings (SSSR count). The number of hydrogen-bond acceptors (Lipinski definition) is 6. The van der Waals surface area contributed by atoms with Crippen LogP contribution in [-0.4, -0.2) is 39.5 Å². The summed E-state index contributed by atoms with van der Waals surface area (Å²) in [5.74, 6) is -1.18. The average molecular weight is 596 g/mol. The summed E-state index contributed by atoms with van der Waals surface area (Å²) in [4.78, 5) is 4.01. The third-order valence-corrected chi connectivity index (χ3v) is 6.92. The summed E-state index contributed by atoms with van der Waals surface area (Å²) < 4.78 is 59.0. The molecule has 42 heavy (non-hydrogen) atoms. The van der Waals surface area contributed by atoms with Crippen molar-refractivity contribution in [3.05, 3.63) is 119 Å². The minimum absolute atomic E-state index is 0.0111. The van der Waals surface area contributed by atoms with Crippen LogP contribution in [0.2, 0.25) is 5.02 Å². The minimum Gasteiger partial charge on any atom is -0.618 e. The maximum atomic E-state index is 15.3. The van der Waals surface area contributed by atoms with Crippen LogP contribution in [0.3, 0.4) is 0 Å². The van der Waals surface area contributed by atoms with Crippen molar-refractivity contribution < 1.29 is 22.3 Å². The molecule has 4 aromatic heterocycles. The Kier molecular flexibility index (Phi) is 7.12. The number of halogens is 5. The van der Waals surface area contributed by atoms with Gasteiger partial charge >= 0.3 is 6.55 Å². The zero-order valence-electron chi connectivity index (χ0n) is 21.3. The zero-order valence-corrected chi connectivity index (χ0v) is 22.0. The van der Waals surface area contributed by atoms with Gasteiger partial charge in [-0.2, -0.15) is 23.3 Å². The second-order valence-electron chi connectivity index (χ2n) is 9.22. The Morgan fingerprint density at radius 2 is 1.76 bits per heavy atom. The molecule has 6 aromatic rings. The zero-order chi connectivity index (χ0) is 29.4. The maximum Gasteiger partial charge on any atom is 0.319 e. The molecule has 0 radical (unpaired) electrons. The van der Waals surface area contributed by atoms with Crippen molar-refractivity contribution in [2.24, 2.45) is 0 Å². The van der Waals surface area contributed by atoms with Crippen LogP contribution >= 0.6 is 11.6 Å². The third kappa shape index (κ3) is 5.19. The summed E-state index contributed by atoms with van der Waals surface area (Å²) in [6.07, 6.45) is 7.91. The molecule has 0 spiro atoms. The lowest BCUT2D eigenvalue weighted by atomic mass is 10.00. The smallest absolute Gasteiger partial charge is 0.319 e. The lowest BCUT2D eigenvalue weighted by Crippen LogP contribution is -2.36. The standard InChI is InChI=1S/C27H18ClF4N9O/c28-20-6-8-23(40-15-34-36-37-40)25(26(20)30)17-3-7-22(41(42)12-17)24(9-16-1-4-19(29)5-2-16)39-11-18(10-35-39)21-13-38(14-33-21)27(31)32/h1-8,10-15,24,27H,9H2/t24-/m0/s1. The van der Waals surface area contributed by atoms with Crippen LogP contribution in [0, 0.1) is 16.8 Å². The van der Waals surface area contributed by atoms with Crippen molar-refractivity contribution >= 4 is 11.6 Å². The highest BCUT2D eigenvalue weighted by molar-refractivity contribution is 6.31. The molecule has 0 saturated carbocycles. The lowest BCUT2D eigenvalue weighted by Gasteiger charge is -2.18. The van der Waals surface area contributed by atoms with Crippen molar-refractivity contribution in [1.82, 2.24) is 39.5 Å². The molecule has 15 heteroatoms. The van der Waals surface area contributed by atoms with E-state index in [0.717, 1.165) is 6.33 Å². The molecular formula is C27H18ClF4N9O. The summed E-state index contributed by atoms with van der Waals surface area (Å²) in [5.41, 5.74) is 2.11. The van der Waals surface area contributed by atoms with Crippen molar-refractivity contribution in [2.45, 2.75) is 19.0 Å². The van der Waals surface area contributed by atoms with Crippen molar-refractivity contribution in [1.29, 1.82) is 0 Å². The van der Waals surface area contributed by atoms with Gasteiger partial charge in [-0.1, -0.05) is 23.7 Å². The highest BCUT2D eigenvalue weighted by Gasteiger charge is 2.26. The molecule has 4 heterocycles. The number of tetrazole rings is 1. The van der Waals surface area contributed by atoms with Crippen LogP contribution in [0.5, 0.6) is 0 Å². The summed E-state index contributed by atoms with van der Waals surface area (Å²) in [6, 6.07) is 11.0. The second kappa shape index (κ2) is 11.0. The van der Waals surface area contributed by atoms with E-state index in [-0.39, 0.29) is 39.6 Å². The fraction of sp³-hybridized carbons (Fsp3) is 0.111. The van der Waals surface area contributed by atoms with E-state index in [1.807, 2.05) is 0 Å². The van der Waals surface area contributed by atoms with Gasteiger partial charge in [0.05, 0.1) is 40.1 Å². The fourth-order valence-electron chi connectivity index (χ4n) is 4.59. The van der Waals surface area contributed by atoms with Crippen LogP contribution in [0.1, 0.15) is 23.8 Å². The Labute approximate surface area is 239 Å². The Balaban J connectivity index is 1.42. The third-order valence-electron chi connectivity index (χ3n) is 6.63. The van der Waals surface area contributed by atoms with E-state index in [4.69, 9.17) is 11.6 Å². The van der Waals surface area contributed by atoms with Crippen LogP contribution in [0.25, 0.3) is 28.1 Å². The predicted molar refractivity (Wildman–Crippen MR) is 141 cm³/mol. The Bertz CT molecular complexity index is 1860. The first-order valence-electron chi connectivity index (χ1n) is 12.3. The monoisotopic (exact) mass is 595 g/mol. The van der Waals surface area contributed by atoms with Crippen molar-refractivity contribution in [3.8, 4) is 28.1 Å². The number of aromatic nitrogens is 9. The predicted octanol–water partition coefficient (Wildman–Crippen LogP) is 5.18. The number of benzene rings is 2.